The van der Waals surface area contributed by atoms with Crippen LogP contribution in [0, 0.1) is 18.8 Å². The molecular weight excluding hydrogens is 250 g/mol. The lowest BCUT2D eigenvalue weighted by atomic mass is 10.2. The van der Waals surface area contributed by atoms with Crippen molar-refractivity contribution in [1.82, 2.24) is 10.3 Å². The zero-order valence-electron chi connectivity index (χ0n) is 10.3. The zero-order chi connectivity index (χ0) is 13.7. The van der Waals surface area contributed by atoms with Crippen LogP contribution in [0.5, 0.6) is 0 Å². The molecule has 1 aromatic heterocycles. The van der Waals surface area contributed by atoms with Crippen molar-refractivity contribution in [3.05, 3.63) is 23.2 Å². The molecule has 7 heteroatoms. The van der Waals surface area contributed by atoms with E-state index in [1.165, 1.54) is 11.0 Å². The molecule has 2 fully saturated rings. The molecule has 3 N–H and O–H groups in total. The van der Waals surface area contributed by atoms with Gasteiger partial charge in [0.25, 0.3) is 0 Å². The SMILES string of the molecule is Cc1oc(C(=O)NN)cc1CN1C(=O)C2CC2C1=O. The summed E-state index contributed by atoms with van der Waals surface area (Å²) in [6, 6.07) is 1.50. The number of imide groups is 1. The van der Waals surface area contributed by atoms with E-state index in [4.69, 9.17) is 10.3 Å². The fourth-order valence-electron chi connectivity index (χ4n) is 2.44. The number of hydrazine groups is 1. The molecule has 1 saturated carbocycles. The summed E-state index contributed by atoms with van der Waals surface area (Å²) in [6.07, 6.45) is 0.680. The highest BCUT2D eigenvalue weighted by molar-refractivity contribution is 6.08. The summed E-state index contributed by atoms with van der Waals surface area (Å²) in [4.78, 5) is 36.3. The summed E-state index contributed by atoms with van der Waals surface area (Å²) in [6.45, 7) is 1.83. The van der Waals surface area contributed by atoms with E-state index in [1.54, 1.807) is 6.92 Å². The molecule has 1 aliphatic carbocycles. The molecule has 3 amide bonds. The minimum Gasteiger partial charge on any atom is -0.456 e. The molecule has 2 aliphatic rings. The Bertz CT molecular complexity index is 572. The van der Waals surface area contributed by atoms with Gasteiger partial charge >= 0.3 is 5.91 Å². The van der Waals surface area contributed by atoms with Crippen LogP contribution in [0.25, 0.3) is 0 Å². The van der Waals surface area contributed by atoms with Crippen LogP contribution >= 0.6 is 0 Å². The molecule has 0 aromatic carbocycles. The van der Waals surface area contributed by atoms with Crippen molar-refractivity contribution in [3.63, 3.8) is 0 Å². The second-order valence-corrected chi connectivity index (χ2v) is 4.88. The molecule has 1 saturated heterocycles. The number of carbonyl (C=O) groups excluding carboxylic acids is 3. The van der Waals surface area contributed by atoms with Crippen molar-refractivity contribution in [3.8, 4) is 0 Å². The number of nitrogens with two attached hydrogens (primary N) is 1. The molecule has 1 aliphatic heterocycles. The number of nitrogens with one attached hydrogen (secondary N) is 1. The van der Waals surface area contributed by atoms with Crippen LogP contribution in [0.15, 0.2) is 10.5 Å². The van der Waals surface area contributed by atoms with Gasteiger partial charge in [-0.05, 0) is 19.4 Å². The van der Waals surface area contributed by atoms with Crippen molar-refractivity contribution in [2.75, 3.05) is 0 Å². The molecule has 7 nitrogen and oxygen atoms in total. The Kier molecular flexibility index (Phi) is 2.46. The van der Waals surface area contributed by atoms with Crippen molar-refractivity contribution in [1.29, 1.82) is 0 Å². The van der Waals surface area contributed by atoms with Gasteiger partial charge in [0.1, 0.15) is 5.76 Å². The van der Waals surface area contributed by atoms with Gasteiger partial charge in [-0.1, -0.05) is 0 Å². The number of furan rings is 1. The lowest BCUT2D eigenvalue weighted by molar-refractivity contribution is -0.142. The standard InChI is InChI=1S/C12H13N3O4/c1-5-6(2-9(19-5)10(16)14-13)4-15-11(17)7-3-8(7)12(15)18/h2,7-8H,3-4,13H2,1H3,(H,14,16). The maximum atomic E-state index is 11.8. The average molecular weight is 263 g/mol. The Balaban J connectivity index is 1.80. The fourth-order valence-corrected chi connectivity index (χ4v) is 2.44. The van der Waals surface area contributed by atoms with E-state index < -0.39 is 5.91 Å². The molecule has 100 valence electrons. The fraction of sp³-hybridized carbons (Fsp3) is 0.417. The summed E-state index contributed by atoms with van der Waals surface area (Å²) in [5.74, 6) is 4.55. The highest BCUT2D eigenvalue weighted by Gasteiger charge is 2.58. The Hall–Kier alpha value is -2.15. The van der Waals surface area contributed by atoms with E-state index in [-0.39, 0.29) is 36.0 Å². The topological polar surface area (TPSA) is 106 Å². The lowest BCUT2D eigenvalue weighted by Crippen LogP contribution is -2.32. The van der Waals surface area contributed by atoms with Crippen LogP contribution in [-0.2, 0) is 16.1 Å². The quantitative estimate of drug-likeness (QED) is 0.337. The van der Waals surface area contributed by atoms with Gasteiger partial charge in [0.15, 0.2) is 5.76 Å². The van der Waals surface area contributed by atoms with Crippen molar-refractivity contribution in [2.45, 2.75) is 19.9 Å². The third-order valence-corrected chi connectivity index (χ3v) is 3.66. The van der Waals surface area contributed by atoms with Crippen LogP contribution in [0.4, 0.5) is 0 Å². The first-order chi connectivity index (χ1) is 9.02. The van der Waals surface area contributed by atoms with Gasteiger partial charge < -0.3 is 4.42 Å². The van der Waals surface area contributed by atoms with Crippen LogP contribution in [0.1, 0.15) is 28.3 Å². The van der Waals surface area contributed by atoms with Gasteiger partial charge in [-0.2, -0.15) is 0 Å². The summed E-state index contributed by atoms with van der Waals surface area (Å²) in [7, 11) is 0. The van der Waals surface area contributed by atoms with Crippen LogP contribution in [-0.4, -0.2) is 22.6 Å². The minimum atomic E-state index is -0.545. The van der Waals surface area contributed by atoms with Gasteiger partial charge in [-0.25, -0.2) is 5.84 Å². The number of carbonyl (C=O) groups is 3. The third kappa shape index (κ3) is 1.74. The number of nitrogens with zero attached hydrogens (tertiary/aromatic N) is 1. The number of hydrogen-bond donors (Lipinski definition) is 2. The molecule has 0 bridgehead atoms. The molecule has 2 heterocycles. The van der Waals surface area contributed by atoms with E-state index in [0.29, 0.717) is 17.7 Å². The third-order valence-electron chi connectivity index (χ3n) is 3.66. The predicted octanol–water partition coefficient (Wildman–Crippen LogP) is -0.304. The number of aryl methyl sites for hydroxylation is 1. The molecule has 0 radical (unpaired) electrons. The lowest BCUT2D eigenvalue weighted by Gasteiger charge is -2.15. The minimum absolute atomic E-state index is 0.0688. The number of nitrogen functional groups attached to an aromatic ring is 1. The molecule has 2 unspecified atom stereocenters. The highest BCUT2D eigenvalue weighted by atomic mass is 16.4. The van der Waals surface area contributed by atoms with Crippen LogP contribution in [0.3, 0.4) is 0 Å². The Morgan fingerprint density at radius 1 is 1.47 bits per heavy atom. The van der Waals surface area contributed by atoms with Gasteiger partial charge in [-0.15, -0.1) is 0 Å². The number of amides is 3. The normalized spacial score (nSPS) is 24.6. The molecule has 19 heavy (non-hydrogen) atoms. The summed E-state index contributed by atoms with van der Waals surface area (Å²) < 4.78 is 5.24. The predicted molar refractivity (Wildman–Crippen MR) is 62.3 cm³/mol. The largest absolute Gasteiger partial charge is 0.456 e. The van der Waals surface area contributed by atoms with E-state index in [1.807, 2.05) is 5.43 Å². The number of likely N-dealkylation sites (tertiary alicyclic amines) is 1. The smallest absolute Gasteiger partial charge is 0.300 e. The van der Waals surface area contributed by atoms with Crippen LogP contribution in [0.2, 0.25) is 0 Å². The highest BCUT2D eigenvalue weighted by Crippen LogP contribution is 2.47. The average Bonchev–Trinajstić information content (AvgIpc) is 3.06. The van der Waals surface area contributed by atoms with Crippen molar-refractivity contribution < 1.29 is 18.8 Å². The van der Waals surface area contributed by atoms with Gasteiger partial charge in [0, 0.05) is 5.56 Å². The van der Waals surface area contributed by atoms with Crippen molar-refractivity contribution >= 4 is 17.7 Å². The maximum absolute atomic E-state index is 11.8. The van der Waals surface area contributed by atoms with E-state index >= 15 is 0 Å². The first kappa shape index (κ1) is 11.9. The Morgan fingerprint density at radius 3 is 2.68 bits per heavy atom. The van der Waals surface area contributed by atoms with Crippen LogP contribution < -0.4 is 11.3 Å². The van der Waals surface area contributed by atoms with E-state index in [0.717, 1.165) is 0 Å². The first-order valence-electron chi connectivity index (χ1n) is 5.98. The maximum Gasteiger partial charge on any atom is 0.300 e. The summed E-state index contributed by atoms with van der Waals surface area (Å²) in [5.41, 5.74) is 2.61. The second-order valence-electron chi connectivity index (χ2n) is 4.88. The Morgan fingerprint density at radius 2 is 2.11 bits per heavy atom. The molecular formula is C12H13N3O4. The van der Waals surface area contributed by atoms with Gasteiger partial charge in [-0.3, -0.25) is 24.7 Å². The first-order valence-corrected chi connectivity index (χ1v) is 5.98. The zero-order valence-corrected chi connectivity index (χ0v) is 10.3. The Labute approximate surface area is 108 Å². The molecule has 1 aromatic rings. The molecule has 3 rings (SSSR count). The van der Waals surface area contributed by atoms with Gasteiger partial charge in [0.05, 0.1) is 18.4 Å². The van der Waals surface area contributed by atoms with E-state index in [2.05, 4.69) is 0 Å². The monoisotopic (exact) mass is 263 g/mol. The summed E-state index contributed by atoms with van der Waals surface area (Å²) >= 11 is 0. The summed E-state index contributed by atoms with van der Waals surface area (Å²) in [5, 5.41) is 0. The number of rotatable bonds is 3. The molecule has 0 spiro atoms. The molecule has 2 atom stereocenters. The number of hydrogen-bond acceptors (Lipinski definition) is 5. The second kappa shape index (κ2) is 3.92. The number of fused-ring (bicyclic) bond motifs is 1. The number of piperidine rings is 1. The van der Waals surface area contributed by atoms with E-state index in [9.17, 15) is 14.4 Å². The van der Waals surface area contributed by atoms with Crippen molar-refractivity contribution in [2.24, 2.45) is 17.7 Å². The van der Waals surface area contributed by atoms with Gasteiger partial charge in [0.2, 0.25) is 11.8 Å².